The molecule has 3 aromatic rings. The van der Waals surface area contributed by atoms with Crippen LogP contribution < -0.4 is 4.74 Å². The van der Waals surface area contributed by atoms with E-state index in [1.165, 1.54) is 0 Å². The van der Waals surface area contributed by atoms with Gasteiger partial charge in [-0.15, -0.1) is 5.10 Å². The fraction of sp³-hybridized carbons (Fsp3) is 0.300. The van der Waals surface area contributed by atoms with Gasteiger partial charge in [0, 0.05) is 31.6 Å². The highest BCUT2D eigenvalue weighted by Gasteiger charge is 2.30. The number of benzene rings is 1. The minimum atomic E-state index is -0.0761. The molecule has 0 radical (unpaired) electrons. The second-order valence-electron chi connectivity index (χ2n) is 6.70. The highest BCUT2D eigenvalue weighted by Crippen LogP contribution is 2.22. The van der Waals surface area contributed by atoms with Gasteiger partial charge in [-0.05, 0) is 19.1 Å². The van der Waals surface area contributed by atoms with Crippen LogP contribution >= 0.6 is 0 Å². The number of nitrogens with zero attached hydrogens (tertiary/aromatic N) is 5. The molecule has 138 valence electrons. The average molecular weight is 363 g/mol. The lowest BCUT2D eigenvalue weighted by Crippen LogP contribution is -2.32. The summed E-state index contributed by atoms with van der Waals surface area (Å²) in [7, 11) is 1.80. The first kappa shape index (κ1) is 17.2. The van der Waals surface area contributed by atoms with Gasteiger partial charge in [0.15, 0.2) is 0 Å². The maximum Gasteiger partial charge on any atom is 0.272 e. The van der Waals surface area contributed by atoms with E-state index >= 15 is 0 Å². The van der Waals surface area contributed by atoms with Gasteiger partial charge in [-0.3, -0.25) is 9.48 Å². The fourth-order valence-electron chi connectivity index (χ4n) is 3.21. The predicted molar refractivity (Wildman–Crippen MR) is 100 cm³/mol. The van der Waals surface area contributed by atoms with E-state index < -0.39 is 0 Å². The molecule has 1 aliphatic rings. The van der Waals surface area contributed by atoms with Crippen molar-refractivity contribution in [3.05, 3.63) is 59.9 Å². The van der Waals surface area contributed by atoms with Crippen LogP contribution in [0.15, 0.2) is 48.5 Å². The van der Waals surface area contributed by atoms with Crippen LogP contribution in [-0.2, 0) is 7.05 Å². The maximum atomic E-state index is 12.9. The van der Waals surface area contributed by atoms with Crippen molar-refractivity contribution >= 4 is 5.91 Å². The number of hydrogen-bond acceptors (Lipinski definition) is 5. The quantitative estimate of drug-likeness (QED) is 0.712. The zero-order valence-corrected chi connectivity index (χ0v) is 15.4. The largest absolute Gasteiger partial charge is 0.471 e. The monoisotopic (exact) mass is 363 g/mol. The lowest BCUT2D eigenvalue weighted by molar-refractivity contribution is 0.0760. The van der Waals surface area contributed by atoms with Gasteiger partial charge in [-0.2, -0.15) is 10.2 Å². The molecule has 0 spiro atoms. The number of aromatic nitrogens is 4. The Kier molecular flexibility index (Phi) is 4.58. The molecule has 27 heavy (non-hydrogen) atoms. The molecule has 1 fully saturated rings. The Morgan fingerprint density at radius 1 is 1.15 bits per heavy atom. The van der Waals surface area contributed by atoms with Crippen LogP contribution in [0, 0.1) is 6.92 Å². The third-order valence-electron chi connectivity index (χ3n) is 4.66. The fourth-order valence-corrected chi connectivity index (χ4v) is 3.21. The Morgan fingerprint density at radius 3 is 2.70 bits per heavy atom. The van der Waals surface area contributed by atoms with Gasteiger partial charge in [0.1, 0.15) is 11.8 Å². The molecular weight excluding hydrogens is 342 g/mol. The van der Waals surface area contributed by atoms with E-state index in [2.05, 4.69) is 15.3 Å². The third kappa shape index (κ3) is 3.67. The predicted octanol–water partition coefficient (Wildman–Crippen LogP) is 2.48. The standard InChI is InChI=1S/C20H21N5O2/c1-14-8-9-19(22-21-14)27-16-10-11-25(13-16)20(26)18-12-17(23-24(18)2)15-6-4-3-5-7-15/h3-9,12,16H,10-11,13H2,1-2H3. The summed E-state index contributed by atoms with van der Waals surface area (Å²) < 4.78 is 7.50. The van der Waals surface area contributed by atoms with Crippen molar-refractivity contribution in [3.8, 4) is 17.1 Å². The van der Waals surface area contributed by atoms with Gasteiger partial charge in [0.05, 0.1) is 17.9 Å². The van der Waals surface area contributed by atoms with Crippen molar-refractivity contribution in [2.24, 2.45) is 7.05 Å². The molecule has 1 unspecified atom stereocenters. The number of carbonyl (C=O) groups is 1. The SMILES string of the molecule is Cc1ccc(OC2CCN(C(=O)c3cc(-c4ccccc4)nn3C)C2)nn1. The number of aryl methyl sites for hydroxylation is 2. The molecule has 1 aromatic carbocycles. The van der Waals surface area contributed by atoms with E-state index in [1.54, 1.807) is 22.7 Å². The van der Waals surface area contributed by atoms with E-state index in [0.29, 0.717) is 24.7 Å². The summed E-state index contributed by atoms with van der Waals surface area (Å²) in [6.07, 6.45) is 0.692. The molecule has 0 N–H and O–H groups in total. The van der Waals surface area contributed by atoms with Crippen molar-refractivity contribution in [2.45, 2.75) is 19.4 Å². The van der Waals surface area contributed by atoms with Crippen LogP contribution in [0.25, 0.3) is 11.3 Å². The number of carbonyl (C=O) groups excluding carboxylic acids is 1. The van der Waals surface area contributed by atoms with Crippen molar-refractivity contribution in [1.82, 2.24) is 24.9 Å². The summed E-state index contributed by atoms with van der Waals surface area (Å²) >= 11 is 0. The molecule has 4 rings (SSSR count). The maximum absolute atomic E-state index is 12.9. The number of rotatable bonds is 4. The molecule has 1 amide bonds. The number of hydrogen-bond donors (Lipinski definition) is 0. The summed E-state index contributed by atoms with van der Waals surface area (Å²) in [5, 5.41) is 12.5. The highest BCUT2D eigenvalue weighted by atomic mass is 16.5. The van der Waals surface area contributed by atoms with Crippen molar-refractivity contribution in [3.63, 3.8) is 0 Å². The lowest BCUT2D eigenvalue weighted by atomic mass is 10.1. The first-order chi connectivity index (χ1) is 13.1. The molecule has 0 bridgehead atoms. The summed E-state index contributed by atoms with van der Waals surface area (Å²) in [6, 6.07) is 15.4. The zero-order chi connectivity index (χ0) is 18.8. The van der Waals surface area contributed by atoms with Crippen LogP contribution in [0.5, 0.6) is 5.88 Å². The molecule has 7 nitrogen and oxygen atoms in total. The third-order valence-corrected chi connectivity index (χ3v) is 4.66. The van der Waals surface area contributed by atoms with Crippen molar-refractivity contribution in [1.29, 1.82) is 0 Å². The molecule has 3 heterocycles. The van der Waals surface area contributed by atoms with Gasteiger partial charge in [0.25, 0.3) is 5.91 Å². The highest BCUT2D eigenvalue weighted by molar-refractivity contribution is 5.94. The van der Waals surface area contributed by atoms with E-state index in [-0.39, 0.29) is 12.0 Å². The Balaban J connectivity index is 1.44. The Morgan fingerprint density at radius 2 is 1.96 bits per heavy atom. The minimum Gasteiger partial charge on any atom is -0.471 e. The van der Waals surface area contributed by atoms with Crippen molar-refractivity contribution < 1.29 is 9.53 Å². The topological polar surface area (TPSA) is 73.1 Å². The van der Waals surface area contributed by atoms with E-state index in [9.17, 15) is 4.79 Å². The van der Waals surface area contributed by atoms with E-state index in [1.807, 2.05) is 49.4 Å². The summed E-state index contributed by atoms with van der Waals surface area (Å²) in [5.74, 6) is 0.458. The number of amides is 1. The van der Waals surface area contributed by atoms with Crippen LogP contribution in [0.2, 0.25) is 0 Å². The first-order valence-electron chi connectivity index (χ1n) is 8.96. The smallest absolute Gasteiger partial charge is 0.272 e. The van der Waals surface area contributed by atoms with Gasteiger partial charge < -0.3 is 9.64 Å². The Labute approximate surface area is 157 Å². The molecule has 1 atom stereocenters. The summed E-state index contributed by atoms with van der Waals surface area (Å²) in [6.45, 7) is 3.05. The average Bonchev–Trinajstić information content (AvgIpc) is 3.31. The van der Waals surface area contributed by atoms with Gasteiger partial charge in [-0.1, -0.05) is 30.3 Å². The van der Waals surface area contributed by atoms with Crippen LogP contribution in [0.1, 0.15) is 22.6 Å². The molecule has 1 saturated heterocycles. The van der Waals surface area contributed by atoms with Crippen LogP contribution in [-0.4, -0.2) is 50.0 Å². The second kappa shape index (κ2) is 7.19. The minimum absolute atomic E-state index is 0.0340. The number of likely N-dealkylation sites (tertiary alicyclic amines) is 1. The molecular formula is C20H21N5O2. The van der Waals surface area contributed by atoms with Crippen molar-refractivity contribution in [2.75, 3.05) is 13.1 Å². The van der Waals surface area contributed by atoms with Gasteiger partial charge in [-0.25, -0.2) is 0 Å². The molecule has 0 saturated carbocycles. The van der Waals surface area contributed by atoms with Gasteiger partial charge >= 0.3 is 0 Å². The van der Waals surface area contributed by atoms with E-state index in [4.69, 9.17) is 4.74 Å². The Bertz CT molecular complexity index is 937. The summed E-state index contributed by atoms with van der Waals surface area (Å²) in [5.41, 5.74) is 3.21. The van der Waals surface area contributed by atoms with Crippen LogP contribution in [0.4, 0.5) is 0 Å². The zero-order valence-electron chi connectivity index (χ0n) is 15.4. The molecule has 2 aromatic heterocycles. The van der Waals surface area contributed by atoms with E-state index in [0.717, 1.165) is 23.4 Å². The summed E-state index contributed by atoms with van der Waals surface area (Å²) in [4.78, 5) is 14.7. The lowest BCUT2D eigenvalue weighted by Gasteiger charge is -2.16. The molecule has 0 aliphatic carbocycles. The van der Waals surface area contributed by atoms with Crippen LogP contribution in [0.3, 0.4) is 0 Å². The molecule has 1 aliphatic heterocycles. The number of ether oxygens (including phenoxy) is 1. The molecule has 7 heteroatoms. The normalized spacial score (nSPS) is 16.5. The van der Waals surface area contributed by atoms with Gasteiger partial charge in [0.2, 0.25) is 5.88 Å². The Hall–Kier alpha value is -3.22. The second-order valence-corrected chi connectivity index (χ2v) is 6.70. The first-order valence-corrected chi connectivity index (χ1v) is 8.96.